The molecule has 0 bridgehead atoms. The minimum Gasteiger partial charge on any atom is -0.384 e. The van der Waals surface area contributed by atoms with Crippen molar-refractivity contribution in [3.05, 3.63) is 29.6 Å². The van der Waals surface area contributed by atoms with E-state index in [1.54, 1.807) is 17.8 Å². The molecule has 1 aliphatic rings. The fraction of sp³-hybridized carbons (Fsp3) is 0.357. The highest BCUT2D eigenvalue weighted by molar-refractivity contribution is 7.99. The van der Waals surface area contributed by atoms with Crippen LogP contribution in [-0.2, 0) is 4.79 Å². The molecule has 1 aliphatic heterocycles. The van der Waals surface area contributed by atoms with Gasteiger partial charge >= 0.3 is 0 Å². The molecule has 0 aromatic heterocycles. The van der Waals surface area contributed by atoms with Crippen LogP contribution in [0.2, 0.25) is 0 Å². The van der Waals surface area contributed by atoms with Gasteiger partial charge in [0.05, 0.1) is 5.69 Å². The van der Waals surface area contributed by atoms with Crippen molar-refractivity contribution in [2.24, 2.45) is 5.92 Å². The number of aliphatic hydroxyl groups excluding tert-OH is 1. The number of carbonyl (C=O) groups excluding carboxylic acids is 1. The van der Waals surface area contributed by atoms with Crippen LogP contribution in [0.4, 0.5) is 10.1 Å². The number of nitrogens with one attached hydrogen (secondary N) is 1. The maximum absolute atomic E-state index is 13.8. The van der Waals surface area contributed by atoms with Gasteiger partial charge in [0, 0.05) is 17.2 Å². The predicted octanol–water partition coefficient (Wildman–Crippen LogP) is 1.86. The smallest absolute Gasteiger partial charge is 0.228 e. The van der Waals surface area contributed by atoms with Gasteiger partial charge in [-0.25, -0.2) is 4.39 Å². The van der Waals surface area contributed by atoms with E-state index >= 15 is 0 Å². The zero-order valence-corrected chi connectivity index (χ0v) is 11.1. The molecule has 1 aromatic rings. The molecular formula is C14H14FNO2S. The number of hydrogen-bond acceptors (Lipinski definition) is 3. The molecule has 2 N–H and O–H groups in total. The van der Waals surface area contributed by atoms with E-state index in [9.17, 15) is 9.18 Å². The summed E-state index contributed by atoms with van der Waals surface area (Å²) in [5.74, 6) is 6.18. The maximum Gasteiger partial charge on any atom is 0.228 e. The Morgan fingerprint density at radius 2 is 2.42 bits per heavy atom. The Morgan fingerprint density at radius 1 is 1.58 bits per heavy atom. The third kappa shape index (κ3) is 3.72. The van der Waals surface area contributed by atoms with Crippen molar-refractivity contribution in [1.29, 1.82) is 0 Å². The number of anilines is 1. The number of hydrogen-bond donors (Lipinski definition) is 2. The topological polar surface area (TPSA) is 49.3 Å². The van der Waals surface area contributed by atoms with Gasteiger partial charge in [0.1, 0.15) is 12.4 Å². The minimum atomic E-state index is -0.510. The SMILES string of the molecule is O=C(Nc1ccc(C#CCO)cc1F)C1CCSC1. The fourth-order valence-corrected chi connectivity index (χ4v) is 3.03. The first-order chi connectivity index (χ1) is 9.20. The van der Waals surface area contributed by atoms with Crippen LogP contribution in [0.1, 0.15) is 12.0 Å². The quantitative estimate of drug-likeness (QED) is 0.812. The van der Waals surface area contributed by atoms with Gasteiger partial charge in [-0.05, 0) is 30.4 Å². The van der Waals surface area contributed by atoms with E-state index in [2.05, 4.69) is 17.2 Å². The van der Waals surface area contributed by atoms with Crippen LogP contribution in [0.15, 0.2) is 18.2 Å². The zero-order chi connectivity index (χ0) is 13.7. The van der Waals surface area contributed by atoms with Crippen molar-refractivity contribution in [2.75, 3.05) is 23.4 Å². The Kier molecular flexibility index (Phi) is 4.83. The van der Waals surface area contributed by atoms with Crippen molar-refractivity contribution < 1.29 is 14.3 Å². The molecule has 1 fully saturated rings. The second-order valence-electron chi connectivity index (χ2n) is 4.20. The van der Waals surface area contributed by atoms with Crippen molar-refractivity contribution >= 4 is 23.4 Å². The summed E-state index contributed by atoms with van der Waals surface area (Å²) < 4.78 is 13.8. The van der Waals surface area contributed by atoms with Crippen molar-refractivity contribution in [1.82, 2.24) is 0 Å². The Morgan fingerprint density at radius 3 is 3.05 bits per heavy atom. The monoisotopic (exact) mass is 279 g/mol. The molecule has 3 nitrogen and oxygen atoms in total. The van der Waals surface area contributed by atoms with Crippen LogP contribution in [-0.4, -0.2) is 29.1 Å². The second kappa shape index (κ2) is 6.60. The molecule has 100 valence electrons. The highest BCUT2D eigenvalue weighted by Gasteiger charge is 2.23. The molecule has 0 radical (unpaired) electrons. The lowest BCUT2D eigenvalue weighted by molar-refractivity contribution is -0.119. The van der Waals surface area contributed by atoms with Crippen molar-refractivity contribution in [3.8, 4) is 11.8 Å². The molecule has 1 unspecified atom stereocenters. The molecule has 19 heavy (non-hydrogen) atoms. The van der Waals surface area contributed by atoms with E-state index in [4.69, 9.17) is 5.11 Å². The van der Waals surface area contributed by atoms with Crippen LogP contribution >= 0.6 is 11.8 Å². The van der Waals surface area contributed by atoms with Gasteiger partial charge in [-0.3, -0.25) is 4.79 Å². The van der Waals surface area contributed by atoms with E-state index in [0.717, 1.165) is 17.9 Å². The van der Waals surface area contributed by atoms with Crippen LogP contribution in [0.5, 0.6) is 0 Å². The van der Waals surface area contributed by atoms with Crippen molar-refractivity contribution in [2.45, 2.75) is 6.42 Å². The van der Waals surface area contributed by atoms with Crippen LogP contribution in [0.25, 0.3) is 0 Å². The minimum absolute atomic E-state index is 0.0294. The Hall–Kier alpha value is -1.51. The normalized spacial score (nSPS) is 17.7. The summed E-state index contributed by atoms with van der Waals surface area (Å²) in [4.78, 5) is 11.9. The predicted molar refractivity (Wildman–Crippen MR) is 74.4 cm³/mol. The average molecular weight is 279 g/mol. The first-order valence-electron chi connectivity index (χ1n) is 5.98. The summed E-state index contributed by atoms with van der Waals surface area (Å²) in [6, 6.07) is 4.36. The second-order valence-corrected chi connectivity index (χ2v) is 5.35. The third-order valence-electron chi connectivity index (χ3n) is 2.84. The van der Waals surface area contributed by atoms with Gasteiger partial charge in [0.2, 0.25) is 5.91 Å². The molecule has 1 saturated heterocycles. The maximum atomic E-state index is 13.8. The van der Waals surface area contributed by atoms with E-state index in [1.807, 2.05) is 0 Å². The Balaban J connectivity index is 2.06. The molecule has 1 heterocycles. The lowest BCUT2D eigenvalue weighted by Gasteiger charge is -2.10. The number of carbonyl (C=O) groups is 1. The molecule has 5 heteroatoms. The van der Waals surface area contributed by atoms with Gasteiger partial charge < -0.3 is 10.4 Å². The lowest BCUT2D eigenvalue weighted by Crippen LogP contribution is -2.22. The van der Waals surface area contributed by atoms with Crippen LogP contribution in [0, 0.1) is 23.6 Å². The molecule has 1 amide bonds. The molecule has 0 saturated carbocycles. The summed E-state index contributed by atoms with van der Waals surface area (Å²) in [7, 11) is 0. The summed E-state index contributed by atoms with van der Waals surface area (Å²) >= 11 is 1.74. The molecule has 0 aliphatic carbocycles. The number of aliphatic hydroxyl groups is 1. The van der Waals surface area contributed by atoms with E-state index in [0.29, 0.717) is 5.56 Å². The fourth-order valence-electron chi connectivity index (χ4n) is 1.81. The molecule has 1 aromatic carbocycles. The van der Waals surface area contributed by atoms with Gasteiger partial charge in [-0.15, -0.1) is 0 Å². The lowest BCUT2D eigenvalue weighted by atomic mass is 10.1. The number of amides is 1. The molecule has 2 rings (SSSR count). The van der Waals surface area contributed by atoms with Gasteiger partial charge in [0.15, 0.2) is 0 Å². The summed E-state index contributed by atoms with van der Waals surface area (Å²) in [5.41, 5.74) is 0.650. The zero-order valence-electron chi connectivity index (χ0n) is 10.3. The van der Waals surface area contributed by atoms with E-state index in [-0.39, 0.29) is 24.1 Å². The highest BCUT2D eigenvalue weighted by atomic mass is 32.2. The van der Waals surface area contributed by atoms with Crippen LogP contribution in [0.3, 0.4) is 0 Å². The first-order valence-corrected chi connectivity index (χ1v) is 7.14. The van der Waals surface area contributed by atoms with Crippen molar-refractivity contribution in [3.63, 3.8) is 0 Å². The van der Waals surface area contributed by atoms with E-state index < -0.39 is 5.82 Å². The average Bonchev–Trinajstić information content (AvgIpc) is 2.93. The first kappa shape index (κ1) is 13.9. The summed E-state index contributed by atoms with van der Waals surface area (Å²) in [6.45, 7) is -0.264. The Bertz CT molecular complexity index is 530. The van der Waals surface area contributed by atoms with Gasteiger partial charge in [0.25, 0.3) is 0 Å². The number of rotatable bonds is 2. The highest BCUT2D eigenvalue weighted by Crippen LogP contribution is 2.25. The largest absolute Gasteiger partial charge is 0.384 e. The van der Waals surface area contributed by atoms with E-state index in [1.165, 1.54) is 12.1 Å². The Labute approximate surface area is 115 Å². The van der Waals surface area contributed by atoms with Gasteiger partial charge in [-0.1, -0.05) is 11.8 Å². The van der Waals surface area contributed by atoms with Crippen LogP contribution < -0.4 is 5.32 Å². The summed E-state index contributed by atoms with van der Waals surface area (Å²) in [5, 5.41) is 11.2. The standard InChI is InChI=1S/C14H14FNO2S/c15-12-8-10(2-1-6-17)3-4-13(12)16-14(18)11-5-7-19-9-11/h3-4,8,11,17H,5-7,9H2,(H,16,18). The molecule has 0 spiro atoms. The summed E-state index contributed by atoms with van der Waals surface area (Å²) in [6.07, 6.45) is 0.845. The number of halogens is 1. The number of thioether (sulfide) groups is 1. The molecular weight excluding hydrogens is 265 g/mol. The number of benzene rings is 1. The van der Waals surface area contributed by atoms with Gasteiger partial charge in [-0.2, -0.15) is 11.8 Å². The third-order valence-corrected chi connectivity index (χ3v) is 4.00. The molecule has 1 atom stereocenters.